The predicted molar refractivity (Wildman–Crippen MR) is 144 cm³/mol. The fourth-order valence-corrected chi connectivity index (χ4v) is 14.3. The monoisotopic (exact) mass is 656 g/mol. The van der Waals surface area contributed by atoms with E-state index in [0.717, 1.165) is 51.4 Å². The van der Waals surface area contributed by atoms with Crippen molar-refractivity contribution < 1.29 is 32.5 Å². The summed E-state index contributed by atoms with van der Waals surface area (Å²) in [5.74, 6) is 0. The van der Waals surface area contributed by atoms with Crippen LogP contribution in [0.15, 0.2) is 0 Å². The van der Waals surface area contributed by atoms with Gasteiger partial charge in [-0.05, 0) is 0 Å². The molecular formula is C28H54F6O2Sn. The van der Waals surface area contributed by atoms with Crippen LogP contribution in [-0.4, -0.2) is 70.5 Å². The van der Waals surface area contributed by atoms with Crippen molar-refractivity contribution in [1.29, 1.82) is 0 Å². The Morgan fingerprint density at radius 2 is 0.757 bits per heavy atom. The number of hydrogen-bond acceptors (Lipinski definition) is 2. The summed E-state index contributed by atoms with van der Waals surface area (Å²) in [5, 5.41) is 0. The van der Waals surface area contributed by atoms with Gasteiger partial charge in [0.05, 0.1) is 0 Å². The van der Waals surface area contributed by atoms with E-state index in [-0.39, 0.29) is 13.2 Å². The van der Waals surface area contributed by atoms with Gasteiger partial charge in [0.2, 0.25) is 0 Å². The van der Waals surface area contributed by atoms with Crippen molar-refractivity contribution in [2.75, 3.05) is 26.6 Å². The zero-order valence-electron chi connectivity index (χ0n) is 23.5. The second-order valence-corrected chi connectivity index (χ2v) is 19.5. The second-order valence-electron chi connectivity index (χ2n) is 10.3. The topological polar surface area (TPSA) is 18.5 Å². The molecular weight excluding hydrogens is 601 g/mol. The van der Waals surface area contributed by atoms with E-state index in [0.29, 0.717) is 12.8 Å². The minimum atomic E-state index is -4.76. The molecule has 9 heteroatoms. The Kier molecular flexibility index (Phi) is 25.5. The molecule has 0 aromatic carbocycles. The summed E-state index contributed by atoms with van der Waals surface area (Å²) in [5.41, 5.74) is 0. The number of alkyl halides is 6. The molecule has 0 aromatic heterocycles. The van der Waals surface area contributed by atoms with E-state index in [2.05, 4.69) is 13.8 Å². The van der Waals surface area contributed by atoms with E-state index < -0.39 is 66.1 Å². The van der Waals surface area contributed by atoms with Gasteiger partial charge in [0.15, 0.2) is 0 Å². The Hall–Kier alpha value is 0.299. The summed E-state index contributed by atoms with van der Waals surface area (Å²) in [6.45, 7) is 1.67. The van der Waals surface area contributed by atoms with Crippen molar-refractivity contribution in [1.82, 2.24) is 0 Å². The Labute approximate surface area is 228 Å². The molecule has 0 aliphatic heterocycles. The van der Waals surface area contributed by atoms with Gasteiger partial charge in [-0.15, -0.1) is 0 Å². The molecule has 0 heterocycles. The van der Waals surface area contributed by atoms with Gasteiger partial charge in [-0.1, -0.05) is 0 Å². The van der Waals surface area contributed by atoms with Crippen LogP contribution in [0.5, 0.6) is 0 Å². The van der Waals surface area contributed by atoms with Gasteiger partial charge in [-0.3, -0.25) is 0 Å². The summed E-state index contributed by atoms with van der Waals surface area (Å²) in [7, 11) is 0. The molecule has 0 saturated carbocycles. The van der Waals surface area contributed by atoms with E-state index in [1.165, 1.54) is 38.5 Å². The molecule has 37 heavy (non-hydrogen) atoms. The molecule has 0 N–H and O–H groups in total. The molecule has 4 unspecified atom stereocenters. The van der Waals surface area contributed by atoms with Gasteiger partial charge in [0.1, 0.15) is 0 Å². The first-order valence-corrected chi connectivity index (χ1v) is 21.2. The molecule has 0 spiro atoms. The Morgan fingerprint density at radius 3 is 1.05 bits per heavy atom. The summed E-state index contributed by atoms with van der Waals surface area (Å²) >= 11 is -4.76. The summed E-state index contributed by atoms with van der Waals surface area (Å²) in [6, 6.07) is 0. The van der Waals surface area contributed by atoms with E-state index in [9.17, 15) is 26.3 Å². The van der Waals surface area contributed by atoms with Crippen LogP contribution in [0.3, 0.4) is 0 Å². The van der Waals surface area contributed by atoms with Gasteiger partial charge in [0.25, 0.3) is 0 Å². The van der Waals surface area contributed by atoms with Gasteiger partial charge in [0, 0.05) is 0 Å². The molecule has 224 valence electrons. The van der Waals surface area contributed by atoms with Crippen molar-refractivity contribution >= 4 is 19.2 Å². The van der Waals surface area contributed by atoms with Crippen LogP contribution in [0.4, 0.5) is 26.3 Å². The first-order valence-electron chi connectivity index (χ1n) is 14.8. The van der Waals surface area contributed by atoms with Gasteiger partial charge >= 0.3 is 228 Å². The Morgan fingerprint density at radius 1 is 0.459 bits per heavy atom. The average Bonchev–Trinajstić information content (AvgIpc) is 2.90. The van der Waals surface area contributed by atoms with Crippen molar-refractivity contribution in [3.8, 4) is 0 Å². The summed E-state index contributed by atoms with van der Waals surface area (Å²) < 4.78 is 93.2. The maximum absolute atomic E-state index is 14.6. The molecule has 0 fully saturated rings. The van der Waals surface area contributed by atoms with Crippen molar-refractivity contribution in [3.05, 3.63) is 0 Å². The van der Waals surface area contributed by atoms with Crippen LogP contribution in [0.25, 0.3) is 0 Å². The van der Waals surface area contributed by atoms with Gasteiger partial charge in [-0.2, -0.15) is 0 Å². The molecule has 0 rings (SSSR count). The first kappa shape index (κ1) is 37.3. The fourth-order valence-electron chi connectivity index (χ4n) is 4.39. The normalized spacial score (nSPS) is 15.6. The number of unbranched alkanes of at least 4 members (excludes halogenated alkanes) is 14. The third-order valence-corrected chi connectivity index (χ3v) is 16.8. The van der Waals surface area contributed by atoms with Crippen LogP contribution < -0.4 is 0 Å². The van der Waals surface area contributed by atoms with Gasteiger partial charge < -0.3 is 0 Å². The summed E-state index contributed by atoms with van der Waals surface area (Å²) in [6.07, 6.45) is 7.60. The molecule has 0 aliphatic carbocycles. The molecule has 0 aromatic rings. The quantitative estimate of drug-likeness (QED) is 0.0475. The van der Waals surface area contributed by atoms with Crippen molar-refractivity contribution in [3.63, 3.8) is 0 Å². The first-order chi connectivity index (χ1) is 17.9. The molecule has 0 amide bonds. The average molecular weight is 655 g/mol. The molecule has 2 nitrogen and oxygen atoms in total. The van der Waals surface area contributed by atoms with E-state index in [1.54, 1.807) is 0 Å². The van der Waals surface area contributed by atoms with Crippen molar-refractivity contribution in [2.24, 2.45) is 0 Å². The Bertz CT molecular complexity index is 450. The molecule has 0 aliphatic rings. The third kappa shape index (κ3) is 19.9. The standard InChI is InChI=1S/2C10H21O.2C4H6F3.Sn/c2*1-2-3-4-5-6-7-8-9-10-11;2*1-3(6)4(7)2-5;/h2*2-10H2,1H3;2*3-4H,1-2H2;/q2*-1;;;+2. The maximum atomic E-state index is 14.6. The molecule has 0 bridgehead atoms. The SMILES string of the molecule is CCCCCCCCCC[O][Sn]([CH2]C(F)C(F)CF)([CH2]C(F)C(F)CF)[O]CCCCCCCCCC. The Balaban J connectivity index is 5.01. The number of hydrogen-bond donors (Lipinski definition) is 0. The van der Waals surface area contributed by atoms with Crippen molar-refractivity contribution in [2.45, 2.75) is 150 Å². The zero-order valence-corrected chi connectivity index (χ0v) is 26.3. The second kappa shape index (κ2) is 25.3. The molecule has 0 radical (unpaired) electrons. The van der Waals surface area contributed by atoms with Crippen LogP contribution in [0.1, 0.15) is 117 Å². The fraction of sp³-hybridized carbons (Fsp3) is 1.00. The summed E-state index contributed by atoms with van der Waals surface area (Å²) in [4.78, 5) is 0. The number of halogens is 6. The predicted octanol–water partition coefficient (Wildman–Crippen LogP) is 10.0. The van der Waals surface area contributed by atoms with E-state index >= 15 is 0 Å². The minimum absolute atomic E-state index is 0.182. The third-order valence-electron chi connectivity index (χ3n) is 6.82. The van der Waals surface area contributed by atoms with Gasteiger partial charge in [-0.25, -0.2) is 0 Å². The molecule has 0 saturated heterocycles. The molecule has 4 atom stereocenters. The zero-order chi connectivity index (χ0) is 27.8. The van der Waals surface area contributed by atoms with Crippen LogP contribution >= 0.6 is 0 Å². The van der Waals surface area contributed by atoms with Crippen LogP contribution in [-0.2, 0) is 6.15 Å². The number of rotatable bonds is 28. The van der Waals surface area contributed by atoms with E-state index in [4.69, 9.17) is 6.15 Å². The van der Waals surface area contributed by atoms with E-state index in [1.807, 2.05) is 0 Å². The van der Waals surface area contributed by atoms with Crippen LogP contribution in [0, 0.1) is 0 Å². The van der Waals surface area contributed by atoms with Crippen LogP contribution in [0.2, 0.25) is 8.87 Å².